The molecule has 13 nitrogen and oxygen atoms in total. The third kappa shape index (κ3) is 5.07. The SMILES string of the molecule is CNC(=O)[C@H]1O[C@@H](n2cnc3c(N)nc(C#CCN(C)C(=O)c4ccc(C(F)(F)F)nc4)nc32)[C@H](O)[C@@H]1O. The number of alkyl halides is 3. The number of hydrogen-bond donors (Lipinski definition) is 4. The van der Waals surface area contributed by atoms with Gasteiger partial charge in [0.05, 0.1) is 18.4 Å². The van der Waals surface area contributed by atoms with Crippen LogP contribution in [0.15, 0.2) is 24.7 Å². The summed E-state index contributed by atoms with van der Waals surface area (Å²) >= 11 is 0. The van der Waals surface area contributed by atoms with Gasteiger partial charge in [0.15, 0.2) is 23.8 Å². The molecule has 0 aliphatic carbocycles. The number of hydrogen-bond acceptors (Lipinski definition) is 10. The summed E-state index contributed by atoms with van der Waals surface area (Å²) in [5, 5.41) is 23.0. The first kappa shape index (κ1) is 26.7. The van der Waals surface area contributed by atoms with Gasteiger partial charge < -0.3 is 30.9 Å². The first-order valence-corrected chi connectivity index (χ1v) is 10.9. The van der Waals surface area contributed by atoms with E-state index in [9.17, 15) is 33.0 Å². The molecule has 3 aromatic heterocycles. The number of aliphatic hydroxyl groups excluding tert-OH is 2. The van der Waals surface area contributed by atoms with Crippen molar-refractivity contribution in [1.29, 1.82) is 0 Å². The molecule has 200 valence electrons. The molecule has 2 amide bonds. The first-order chi connectivity index (χ1) is 17.9. The van der Waals surface area contributed by atoms with Crippen molar-refractivity contribution in [2.24, 2.45) is 0 Å². The Labute approximate surface area is 212 Å². The van der Waals surface area contributed by atoms with E-state index in [2.05, 4.69) is 37.1 Å². The Morgan fingerprint density at radius 2 is 1.97 bits per heavy atom. The fraction of sp³-hybridized carbons (Fsp3) is 0.364. The minimum Gasteiger partial charge on any atom is -0.387 e. The number of aromatic nitrogens is 5. The number of halogens is 3. The molecule has 0 aromatic carbocycles. The number of rotatable bonds is 4. The summed E-state index contributed by atoms with van der Waals surface area (Å²) < 4.78 is 44.8. The molecule has 0 spiro atoms. The van der Waals surface area contributed by atoms with Gasteiger partial charge in [-0.1, -0.05) is 5.92 Å². The molecule has 0 radical (unpaired) electrons. The van der Waals surface area contributed by atoms with Crippen LogP contribution in [-0.4, -0.2) is 90.4 Å². The third-order valence-corrected chi connectivity index (χ3v) is 5.63. The highest BCUT2D eigenvalue weighted by Crippen LogP contribution is 2.32. The van der Waals surface area contributed by atoms with Gasteiger partial charge in [0.2, 0.25) is 5.82 Å². The number of fused-ring (bicyclic) bond motifs is 1. The average Bonchev–Trinajstić information content (AvgIpc) is 3.43. The number of pyridine rings is 1. The number of aliphatic hydroxyl groups is 2. The zero-order chi connectivity index (χ0) is 27.8. The summed E-state index contributed by atoms with van der Waals surface area (Å²) in [5.41, 5.74) is 5.06. The molecule has 3 aromatic rings. The smallest absolute Gasteiger partial charge is 0.387 e. The lowest BCUT2D eigenvalue weighted by Crippen LogP contribution is -2.41. The molecule has 16 heteroatoms. The number of likely N-dealkylation sites (N-methyl/N-ethyl adjacent to an activating group) is 1. The molecule has 4 heterocycles. The normalized spacial score (nSPS) is 21.1. The van der Waals surface area contributed by atoms with Gasteiger partial charge in [-0.05, 0) is 18.1 Å². The zero-order valence-electron chi connectivity index (χ0n) is 19.8. The van der Waals surface area contributed by atoms with E-state index in [1.807, 2.05) is 0 Å². The molecule has 1 saturated heterocycles. The lowest BCUT2D eigenvalue weighted by molar-refractivity contribution is -0.141. The van der Waals surface area contributed by atoms with Crippen molar-refractivity contribution >= 4 is 28.8 Å². The van der Waals surface area contributed by atoms with Crippen LogP contribution in [0, 0.1) is 11.8 Å². The average molecular weight is 534 g/mol. The number of carbonyl (C=O) groups is 2. The highest BCUT2D eigenvalue weighted by molar-refractivity contribution is 5.94. The minimum absolute atomic E-state index is 0.0470. The van der Waals surface area contributed by atoms with Gasteiger partial charge in [-0.3, -0.25) is 19.1 Å². The van der Waals surface area contributed by atoms with Gasteiger partial charge in [0, 0.05) is 20.3 Å². The fourth-order valence-corrected chi connectivity index (χ4v) is 3.65. The van der Waals surface area contributed by atoms with Gasteiger partial charge in [-0.2, -0.15) is 13.2 Å². The number of nitrogen functional groups attached to an aromatic ring is 1. The van der Waals surface area contributed by atoms with E-state index in [0.717, 1.165) is 17.2 Å². The first-order valence-electron chi connectivity index (χ1n) is 10.9. The number of ether oxygens (including phenoxy) is 1. The maximum Gasteiger partial charge on any atom is 0.433 e. The largest absolute Gasteiger partial charge is 0.433 e. The minimum atomic E-state index is -4.62. The molecule has 0 saturated carbocycles. The van der Waals surface area contributed by atoms with Crippen LogP contribution in [0.1, 0.15) is 28.1 Å². The van der Waals surface area contributed by atoms with Crippen LogP contribution in [-0.2, 0) is 15.7 Å². The molecule has 4 rings (SSSR count). The van der Waals surface area contributed by atoms with Crippen LogP contribution in [0.2, 0.25) is 0 Å². The number of nitrogens with two attached hydrogens (primary N) is 1. The number of carbonyl (C=O) groups excluding carboxylic acids is 2. The monoisotopic (exact) mass is 534 g/mol. The predicted octanol–water partition coefficient (Wildman–Crippen LogP) is -0.689. The van der Waals surface area contributed by atoms with Gasteiger partial charge in [0.1, 0.15) is 23.4 Å². The summed E-state index contributed by atoms with van der Waals surface area (Å²) in [6.45, 7) is -0.134. The second-order valence-electron chi connectivity index (χ2n) is 8.19. The van der Waals surface area contributed by atoms with Crippen LogP contribution in [0.4, 0.5) is 19.0 Å². The van der Waals surface area contributed by atoms with Gasteiger partial charge >= 0.3 is 6.18 Å². The molecular weight excluding hydrogens is 513 g/mol. The van der Waals surface area contributed by atoms with E-state index in [0.29, 0.717) is 6.07 Å². The van der Waals surface area contributed by atoms with E-state index in [1.165, 1.54) is 25.0 Å². The molecule has 38 heavy (non-hydrogen) atoms. The quantitative estimate of drug-likeness (QED) is 0.313. The molecule has 4 atom stereocenters. The van der Waals surface area contributed by atoms with Crippen LogP contribution in [0.25, 0.3) is 11.2 Å². The van der Waals surface area contributed by atoms with Crippen molar-refractivity contribution in [3.05, 3.63) is 41.7 Å². The summed E-state index contributed by atoms with van der Waals surface area (Å²) in [5.74, 6) is 3.97. The molecule has 1 aliphatic heterocycles. The second kappa shape index (κ2) is 10.2. The Morgan fingerprint density at radius 3 is 2.61 bits per heavy atom. The maximum absolute atomic E-state index is 12.7. The Morgan fingerprint density at radius 1 is 1.24 bits per heavy atom. The van der Waals surface area contributed by atoms with Gasteiger partial charge in [-0.15, -0.1) is 0 Å². The highest BCUT2D eigenvalue weighted by atomic mass is 19.4. The van der Waals surface area contributed by atoms with Gasteiger partial charge in [-0.25, -0.2) is 15.0 Å². The van der Waals surface area contributed by atoms with Crippen molar-refractivity contribution in [2.75, 3.05) is 26.4 Å². The van der Waals surface area contributed by atoms with E-state index < -0.39 is 48.2 Å². The van der Waals surface area contributed by atoms with E-state index in [-0.39, 0.29) is 34.9 Å². The van der Waals surface area contributed by atoms with Crippen molar-refractivity contribution in [3.63, 3.8) is 0 Å². The van der Waals surface area contributed by atoms with Gasteiger partial charge in [0.25, 0.3) is 11.8 Å². The third-order valence-electron chi connectivity index (χ3n) is 5.63. The van der Waals surface area contributed by atoms with Crippen molar-refractivity contribution in [3.8, 4) is 11.8 Å². The van der Waals surface area contributed by atoms with E-state index in [1.54, 1.807) is 0 Å². The number of amides is 2. The summed E-state index contributed by atoms with van der Waals surface area (Å²) in [6, 6.07) is 1.73. The lowest BCUT2D eigenvalue weighted by Gasteiger charge is -2.16. The summed E-state index contributed by atoms with van der Waals surface area (Å²) in [7, 11) is 2.75. The van der Waals surface area contributed by atoms with Crippen LogP contribution < -0.4 is 11.1 Å². The Hall–Kier alpha value is -4.33. The number of nitrogens with zero attached hydrogens (tertiary/aromatic N) is 6. The van der Waals surface area contributed by atoms with Crippen molar-refractivity contribution in [2.45, 2.75) is 30.7 Å². The van der Waals surface area contributed by atoms with Crippen LogP contribution >= 0.6 is 0 Å². The number of imidazole rings is 1. The van der Waals surface area contributed by atoms with E-state index >= 15 is 0 Å². The van der Waals surface area contributed by atoms with Crippen molar-refractivity contribution < 1.29 is 37.7 Å². The Bertz CT molecular complexity index is 1430. The van der Waals surface area contributed by atoms with E-state index in [4.69, 9.17) is 10.5 Å². The maximum atomic E-state index is 12.7. The Balaban J connectivity index is 1.52. The predicted molar refractivity (Wildman–Crippen MR) is 123 cm³/mol. The molecule has 1 aliphatic rings. The number of anilines is 1. The van der Waals surface area contributed by atoms with Crippen LogP contribution in [0.3, 0.4) is 0 Å². The standard InChI is InChI=1S/C22H21F3N8O5/c1-27-19(36)16-14(34)15(35)21(38-16)33-9-29-13-17(26)30-12(31-18(13)33)4-3-7-32(2)20(37)10-5-6-11(28-8-10)22(23,24)25/h5-6,8-9,14-16,21,34-35H,7H2,1-2H3,(H,27,36)(H2,26,30,31)/t14-,15+,16-,21+/m0/s1. The number of nitrogens with one attached hydrogen (secondary N) is 1. The lowest BCUT2D eigenvalue weighted by atomic mass is 10.1. The highest BCUT2D eigenvalue weighted by Gasteiger charge is 2.47. The fourth-order valence-electron chi connectivity index (χ4n) is 3.65. The molecule has 1 fully saturated rings. The molecular formula is C22H21F3N8O5. The second-order valence-corrected chi connectivity index (χ2v) is 8.19. The molecule has 0 unspecified atom stereocenters. The topological polar surface area (TPSA) is 182 Å². The Kier molecular flexibility index (Phi) is 7.18. The zero-order valence-corrected chi connectivity index (χ0v) is 19.8. The van der Waals surface area contributed by atoms with Crippen LogP contribution in [0.5, 0.6) is 0 Å². The molecule has 0 bridgehead atoms. The summed E-state index contributed by atoms with van der Waals surface area (Å²) in [4.78, 5) is 41.3. The summed E-state index contributed by atoms with van der Waals surface area (Å²) in [6.07, 6.45) is -8.07. The van der Waals surface area contributed by atoms with Crippen molar-refractivity contribution in [1.82, 2.24) is 34.7 Å². The molecule has 5 N–H and O–H groups in total.